The fourth-order valence-corrected chi connectivity index (χ4v) is 2.65. The van der Waals surface area contributed by atoms with Gasteiger partial charge in [-0.3, -0.25) is 4.90 Å². The van der Waals surface area contributed by atoms with Gasteiger partial charge < -0.3 is 20.1 Å². The van der Waals surface area contributed by atoms with Crippen LogP contribution in [0.3, 0.4) is 0 Å². The van der Waals surface area contributed by atoms with Crippen molar-refractivity contribution in [2.24, 2.45) is 7.05 Å². The Hall–Kier alpha value is -1.67. The van der Waals surface area contributed by atoms with E-state index in [0.29, 0.717) is 6.54 Å². The number of hydrogen-bond acceptors (Lipinski definition) is 5. The van der Waals surface area contributed by atoms with Crippen molar-refractivity contribution >= 4 is 6.03 Å². The Kier molecular flexibility index (Phi) is 6.14. The van der Waals surface area contributed by atoms with Crippen molar-refractivity contribution in [3.05, 3.63) is 12.2 Å². The lowest BCUT2D eigenvalue weighted by Gasteiger charge is -2.33. The monoisotopic (exact) mass is 309 g/mol. The summed E-state index contributed by atoms with van der Waals surface area (Å²) in [6.45, 7) is 11.1. The summed E-state index contributed by atoms with van der Waals surface area (Å²) in [5.41, 5.74) is 0. The predicted octanol–water partition coefficient (Wildman–Crippen LogP) is -0.187. The Morgan fingerprint density at radius 2 is 2.00 bits per heavy atom. The minimum absolute atomic E-state index is 0.164. The molecule has 0 aliphatic carbocycles. The first-order chi connectivity index (χ1) is 10.6. The summed E-state index contributed by atoms with van der Waals surface area (Å²) in [5, 5.41) is 13.6. The standard InChI is InChI=1S/C14H27N7O/c1-4-20-7-9-21(10-8-20)6-5-15-14(22)17-12(2)13-18-16-11-19(13)3/h11-12H,4-10H2,1-3H3,(H2,15,17,22). The number of nitrogens with zero attached hydrogens (tertiary/aromatic N) is 5. The smallest absolute Gasteiger partial charge is 0.315 e. The molecule has 0 spiro atoms. The molecule has 2 rings (SSSR count). The average Bonchev–Trinajstić information content (AvgIpc) is 2.94. The summed E-state index contributed by atoms with van der Waals surface area (Å²) >= 11 is 0. The number of carbonyl (C=O) groups is 1. The van der Waals surface area contributed by atoms with Crippen LogP contribution in [0.1, 0.15) is 25.7 Å². The van der Waals surface area contributed by atoms with E-state index in [1.807, 2.05) is 14.0 Å². The van der Waals surface area contributed by atoms with Crippen LogP contribution in [-0.2, 0) is 7.05 Å². The highest BCUT2D eigenvalue weighted by Crippen LogP contribution is 2.06. The molecule has 1 fully saturated rings. The highest BCUT2D eigenvalue weighted by atomic mass is 16.2. The molecule has 1 aromatic heterocycles. The van der Waals surface area contributed by atoms with Crippen LogP contribution in [0, 0.1) is 0 Å². The Morgan fingerprint density at radius 1 is 1.32 bits per heavy atom. The van der Waals surface area contributed by atoms with Gasteiger partial charge in [-0.1, -0.05) is 6.92 Å². The molecular formula is C14H27N7O. The van der Waals surface area contributed by atoms with Crippen molar-refractivity contribution in [3.63, 3.8) is 0 Å². The maximum Gasteiger partial charge on any atom is 0.315 e. The average molecular weight is 309 g/mol. The number of piperazine rings is 1. The Bertz CT molecular complexity index is 468. The van der Waals surface area contributed by atoms with Crippen LogP contribution in [0.25, 0.3) is 0 Å². The topological polar surface area (TPSA) is 78.3 Å². The molecule has 2 heterocycles. The highest BCUT2D eigenvalue weighted by Gasteiger charge is 2.16. The molecule has 1 unspecified atom stereocenters. The first-order valence-corrected chi connectivity index (χ1v) is 7.93. The maximum absolute atomic E-state index is 11.9. The van der Waals surface area contributed by atoms with Crippen molar-refractivity contribution < 1.29 is 4.79 Å². The van der Waals surface area contributed by atoms with Crippen LogP contribution in [0.15, 0.2) is 6.33 Å². The van der Waals surface area contributed by atoms with Crippen LogP contribution < -0.4 is 10.6 Å². The van der Waals surface area contributed by atoms with Crippen molar-refractivity contribution in [2.45, 2.75) is 19.9 Å². The van der Waals surface area contributed by atoms with Gasteiger partial charge in [0.05, 0.1) is 6.04 Å². The Balaban J connectivity index is 1.63. The third kappa shape index (κ3) is 4.67. The third-order valence-corrected chi connectivity index (χ3v) is 4.11. The zero-order valence-electron chi connectivity index (χ0n) is 13.7. The fourth-order valence-electron chi connectivity index (χ4n) is 2.65. The van der Waals surface area contributed by atoms with Gasteiger partial charge in [0.25, 0.3) is 0 Å². The normalized spacial score (nSPS) is 18.1. The van der Waals surface area contributed by atoms with Crippen LogP contribution in [0.5, 0.6) is 0 Å². The summed E-state index contributed by atoms with van der Waals surface area (Å²) in [6.07, 6.45) is 1.63. The number of amides is 2. The molecule has 1 aliphatic heterocycles. The first kappa shape index (κ1) is 16.7. The van der Waals surface area contributed by atoms with E-state index in [1.54, 1.807) is 10.9 Å². The predicted molar refractivity (Wildman–Crippen MR) is 84.5 cm³/mol. The largest absolute Gasteiger partial charge is 0.337 e. The molecular weight excluding hydrogens is 282 g/mol. The molecule has 1 aromatic rings. The molecule has 1 saturated heterocycles. The number of carbonyl (C=O) groups excluding carboxylic acids is 1. The lowest BCUT2D eigenvalue weighted by Crippen LogP contribution is -2.49. The SMILES string of the molecule is CCN1CCN(CCNC(=O)NC(C)c2nncn2C)CC1. The molecule has 1 atom stereocenters. The van der Waals surface area contributed by atoms with Crippen LogP contribution >= 0.6 is 0 Å². The Morgan fingerprint density at radius 3 is 2.59 bits per heavy atom. The molecule has 1 aliphatic rings. The molecule has 8 heteroatoms. The van der Waals surface area contributed by atoms with E-state index in [0.717, 1.165) is 45.1 Å². The van der Waals surface area contributed by atoms with Crippen molar-refractivity contribution in [3.8, 4) is 0 Å². The molecule has 0 aromatic carbocycles. The van der Waals surface area contributed by atoms with Gasteiger partial charge in [-0.2, -0.15) is 0 Å². The van der Waals surface area contributed by atoms with Crippen LogP contribution in [0.4, 0.5) is 4.79 Å². The van der Waals surface area contributed by atoms with Gasteiger partial charge in [0, 0.05) is 46.3 Å². The van der Waals surface area contributed by atoms with E-state index in [1.165, 1.54) is 0 Å². The van der Waals surface area contributed by atoms with Gasteiger partial charge in [0.2, 0.25) is 0 Å². The summed E-state index contributed by atoms with van der Waals surface area (Å²) in [6, 6.07) is -0.330. The van der Waals surface area contributed by atoms with E-state index in [-0.39, 0.29) is 12.1 Å². The molecule has 0 bridgehead atoms. The quantitative estimate of drug-likeness (QED) is 0.762. The molecule has 124 valence electrons. The minimum Gasteiger partial charge on any atom is -0.337 e. The van der Waals surface area contributed by atoms with E-state index >= 15 is 0 Å². The minimum atomic E-state index is -0.166. The second-order valence-electron chi connectivity index (χ2n) is 5.70. The molecule has 0 radical (unpaired) electrons. The fraction of sp³-hybridized carbons (Fsp3) is 0.786. The summed E-state index contributed by atoms with van der Waals surface area (Å²) in [7, 11) is 1.86. The summed E-state index contributed by atoms with van der Waals surface area (Å²) in [5.74, 6) is 0.742. The number of hydrogen-bond donors (Lipinski definition) is 2. The number of urea groups is 1. The molecule has 22 heavy (non-hydrogen) atoms. The zero-order chi connectivity index (χ0) is 15.9. The molecule has 8 nitrogen and oxygen atoms in total. The maximum atomic E-state index is 11.9. The van der Waals surface area contributed by atoms with Crippen molar-refractivity contribution in [1.82, 2.24) is 35.2 Å². The second kappa shape index (κ2) is 8.09. The first-order valence-electron chi connectivity index (χ1n) is 7.93. The van der Waals surface area contributed by atoms with E-state index in [9.17, 15) is 4.79 Å². The number of aromatic nitrogens is 3. The lowest BCUT2D eigenvalue weighted by molar-refractivity contribution is 0.138. The van der Waals surface area contributed by atoms with Gasteiger partial charge in [-0.05, 0) is 13.5 Å². The van der Waals surface area contributed by atoms with Gasteiger partial charge in [0.15, 0.2) is 5.82 Å². The lowest BCUT2D eigenvalue weighted by atomic mass is 10.3. The molecule has 2 amide bonds. The van der Waals surface area contributed by atoms with Gasteiger partial charge in [-0.25, -0.2) is 4.79 Å². The number of likely N-dealkylation sites (N-methyl/N-ethyl adjacent to an activating group) is 1. The number of nitrogens with one attached hydrogen (secondary N) is 2. The number of rotatable bonds is 6. The van der Waals surface area contributed by atoms with Gasteiger partial charge >= 0.3 is 6.03 Å². The third-order valence-electron chi connectivity index (χ3n) is 4.11. The van der Waals surface area contributed by atoms with Crippen molar-refractivity contribution in [2.75, 3.05) is 45.8 Å². The second-order valence-corrected chi connectivity index (χ2v) is 5.70. The molecule has 0 saturated carbocycles. The Labute approximate surface area is 131 Å². The highest BCUT2D eigenvalue weighted by molar-refractivity contribution is 5.74. The van der Waals surface area contributed by atoms with E-state index in [4.69, 9.17) is 0 Å². The summed E-state index contributed by atoms with van der Waals surface area (Å²) in [4.78, 5) is 16.7. The number of aryl methyl sites for hydroxylation is 1. The van der Waals surface area contributed by atoms with Crippen LogP contribution in [-0.4, -0.2) is 76.4 Å². The van der Waals surface area contributed by atoms with E-state index < -0.39 is 0 Å². The molecule has 2 N–H and O–H groups in total. The van der Waals surface area contributed by atoms with Gasteiger partial charge in [0.1, 0.15) is 6.33 Å². The van der Waals surface area contributed by atoms with Crippen LogP contribution in [0.2, 0.25) is 0 Å². The zero-order valence-corrected chi connectivity index (χ0v) is 13.7. The van der Waals surface area contributed by atoms with E-state index in [2.05, 4.69) is 37.6 Å². The summed E-state index contributed by atoms with van der Waals surface area (Å²) < 4.78 is 1.80. The van der Waals surface area contributed by atoms with Gasteiger partial charge in [-0.15, -0.1) is 10.2 Å². The van der Waals surface area contributed by atoms with Crippen molar-refractivity contribution in [1.29, 1.82) is 0 Å².